The topological polar surface area (TPSA) is 26.3 Å². The highest BCUT2D eigenvalue weighted by Crippen LogP contribution is 2.25. The lowest BCUT2D eigenvalue weighted by Crippen LogP contribution is -2.33. The second kappa shape index (κ2) is 8.04. The van der Waals surface area contributed by atoms with Crippen LogP contribution >= 0.6 is 0 Å². The Balaban J connectivity index is 2.56. The van der Waals surface area contributed by atoms with Crippen molar-refractivity contribution < 1.29 is 9.53 Å². The summed E-state index contributed by atoms with van der Waals surface area (Å²) >= 11 is 0. The standard InChI is InChI=1S/C17H32O2/c1-14-11-9-7-5-6-8-10-12-16(18)17(3,4)13-19-15(14)2/h14-15H,5-13H2,1-4H3/t14-,15+/m0/s1. The van der Waals surface area contributed by atoms with Crippen LogP contribution in [-0.2, 0) is 9.53 Å². The van der Waals surface area contributed by atoms with Crippen LogP contribution in [0.4, 0.5) is 0 Å². The number of carbonyl (C=O) groups excluding carboxylic acids is 1. The van der Waals surface area contributed by atoms with Crippen LogP contribution in [0.25, 0.3) is 0 Å². The minimum atomic E-state index is -0.321. The largest absolute Gasteiger partial charge is 0.377 e. The minimum Gasteiger partial charge on any atom is -0.377 e. The van der Waals surface area contributed by atoms with E-state index in [9.17, 15) is 4.79 Å². The summed E-state index contributed by atoms with van der Waals surface area (Å²) in [6.45, 7) is 9.04. The highest BCUT2D eigenvalue weighted by Gasteiger charge is 2.28. The summed E-state index contributed by atoms with van der Waals surface area (Å²) in [5.41, 5.74) is -0.321. The van der Waals surface area contributed by atoms with Crippen LogP contribution in [0.15, 0.2) is 0 Å². The van der Waals surface area contributed by atoms with Gasteiger partial charge >= 0.3 is 0 Å². The maximum atomic E-state index is 12.2. The summed E-state index contributed by atoms with van der Waals surface area (Å²) < 4.78 is 5.96. The number of Topliss-reactive ketones (excluding diaryl/α,β-unsaturated/α-hetero) is 1. The van der Waals surface area contributed by atoms with Crippen molar-refractivity contribution in [1.82, 2.24) is 0 Å². The van der Waals surface area contributed by atoms with Gasteiger partial charge in [0.25, 0.3) is 0 Å². The van der Waals surface area contributed by atoms with Gasteiger partial charge in [-0.2, -0.15) is 0 Å². The highest BCUT2D eigenvalue weighted by atomic mass is 16.5. The Kier molecular flexibility index (Phi) is 7.06. The van der Waals surface area contributed by atoms with E-state index in [1.807, 2.05) is 13.8 Å². The molecule has 19 heavy (non-hydrogen) atoms. The van der Waals surface area contributed by atoms with Gasteiger partial charge in [0.05, 0.1) is 12.7 Å². The number of ether oxygens (including phenoxy) is 1. The van der Waals surface area contributed by atoms with Crippen LogP contribution in [0.2, 0.25) is 0 Å². The fourth-order valence-electron chi connectivity index (χ4n) is 2.62. The molecule has 1 rings (SSSR count). The smallest absolute Gasteiger partial charge is 0.140 e. The summed E-state index contributed by atoms with van der Waals surface area (Å²) in [5.74, 6) is 0.957. The minimum absolute atomic E-state index is 0.259. The van der Waals surface area contributed by atoms with E-state index in [2.05, 4.69) is 13.8 Å². The molecule has 1 fully saturated rings. The summed E-state index contributed by atoms with van der Waals surface area (Å²) in [5, 5.41) is 0. The first-order chi connectivity index (χ1) is 8.93. The molecule has 0 spiro atoms. The Morgan fingerprint density at radius 2 is 1.58 bits per heavy atom. The average Bonchev–Trinajstić information content (AvgIpc) is 2.37. The SMILES string of the molecule is C[C@H]1CCCCCCCCC(=O)C(C)(C)CO[C@@H]1C. The Hall–Kier alpha value is -0.370. The molecule has 0 N–H and O–H groups in total. The fourth-order valence-corrected chi connectivity index (χ4v) is 2.62. The predicted molar refractivity (Wildman–Crippen MR) is 80.3 cm³/mol. The molecule has 0 amide bonds. The molecule has 112 valence electrons. The molecule has 1 saturated heterocycles. The zero-order valence-electron chi connectivity index (χ0n) is 13.3. The lowest BCUT2D eigenvalue weighted by atomic mass is 9.85. The molecule has 2 atom stereocenters. The fraction of sp³-hybridized carbons (Fsp3) is 0.941. The van der Waals surface area contributed by atoms with Gasteiger partial charge in [-0.25, -0.2) is 0 Å². The molecule has 0 aromatic carbocycles. The summed E-state index contributed by atoms with van der Waals surface area (Å²) in [6.07, 6.45) is 9.73. The van der Waals surface area contributed by atoms with Crippen molar-refractivity contribution >= 4 is 5.78 Å². The Labute approximate surface area is 119 Å². The van der Waals surface area contributed by atoms with Crippen LogP contribution in [0, 0.1) is 11.3 Å². The van der Waals surface area contributed by atoms with Crippen LogP contribution < -0.4 is 0 Å². The zero-order valence-corrected chi connectivity index (χ0v) is 13.3. The quantitative estimate of drug-likeness (QED) is 0.633. The van der Waals surface area contributed by atoms with Crippen molar-refractivity contribution in [2.45, 2.75) is 85.2 Å². The van der Waals surface area contributed by atoms with E-state index >= 15 is 0 Å². The van der Waals surface area contributed by atoms with Crippen molar-refractivity contribution in [3.8, 4) is 0 Å². The monoisotopic (exact) mass is 268 g/mol. The first-order valence-corrected chi connectivity index (χ1v) is 8.08. The van der Waals surface area contributed by atoms with Crippen LogP contribution in [0.5, 0.6) is 0 Å². The van der Waals surface area contributed by atoms with Crippen molar-refractivity contribution in [3.05, 3.63) is 0 Å². The molecule has 2 heteroatoms. The van der Waals surface area contributed by atoms with Gasteiger partial charge in [-0.1, -0.05) is 52.9 Å². The van der Waals surface area contributed by atoms with Gasteiger partial charge in [-0.3, -0.25) is 4.79 Å². The van der Waals surface area contributed by atoms with E-state index in [0.29, 0.717) is 18.3 Å². The van der Waals surface area contributed by atoms with Gasteiger partial charge in [-0.15, -0.1) is 0 Å². The summed E-state index contributed by atoms with van der Waals surface area (Å²) in [4.78, 5) is 12.2. The molecule has 0 aromatic rings. The number of rotatable bonds is 0. The first kappa shape index (κ1) is 16.7. The third-order valence-corrected chi connectivity index (χ3v) is 4.58. The van der Waals surface area contributed by atoms with Crippen LogP contribution in [0.1, 0.15) is 79.1 Å². The van der Waals surface area contributed by atoms with Crippen molar-refractivity contribution in [3.63, 3.8) is 0 Å². The van der Waals surface area contributed by atoms with E-state index in [4.69, 9.17) is 4.74 Å². The second-order valence-electron chi connectivity index (χ2n) is 6.96. The number of hydrogen-bond donors (Lipinski definition) is 0. The van der Waals surface area contributed by atoms with Gasteiger partial charge in [-0.05, 0) is 25.7 Å². The predicted octanol–water partition coefficient (Wildman–Crippen LogP) is 4.76. The van der Waals surface area contributed by atoms with E-state index in [1.54, 1.807) is 0 Å². The lowest BCUT2D eigenvalue weighted by Gasteiger charge is -2.28. The third-order valence-electron chi connectivity index (χ3n) is 4.58. The van der Waals surface area contributed by atoms with Crippen molar-refractivity contribution in [2.24, 2.45) is 11.3 Å². The van der Waals surface area contributed by atoms with E-state index in [-0.39, 0.29) is 11.5 Å². The average molecular weight is 268 g/mol. The van der Waals surface area contributed by atoms with E-state index in [0.717, 1.165) is 12.8 Å². The van der Waals surface area contributed by atoms with Crippen LogP contribution in [-0.4, -0.2) is 18.5 Å². The molecular weight excluding hydrogens is 236 g/mol. The number of ketones is 1. The Morgan fingerprint density at radius 1 is 1.00 bits per heavy atom. The molecular formula is C17H32O2. The van der Waals surface area contributed by atoms with Crippen molar-refractivity contribution in [1.29, 1.82) is 0 Å². The number of carbonyl (C=O) groups is 1. The normalized spacial score (nSPS) is 31.7. The Bertz CT molecular complexity index is 270. The zero-order chi connectivity index (χ0) is 14.3. The third kappa shape index (κ3) is 6.07. The lowest BCUT2D eigenvalue weighted by molar-refractivity contribution is -0.132. The molecule has 1 aliphatic heterocycles. The highest BCUT2D eigenvalue weighted by molar-refractivity contribution is 5.84. The number of hydrogen-bond acceptors (Lipinski definition) is 2. The Morgan fingerprint density at radius 3 is 2.26 bits per heavy atom. The molecule has 0 bridgehead atoms. The van der Waals surface area contributed by atoms with E-state index in [1.165, 1.54) is 38.5 Å². The summed E-state index contributed by atoms with van der Waals surface area (Å²) in [7, 11) is 0. The molecule has 0 radical (unpaired) electrons. The maximum absolute atomic E-state index is 12.2. The molecule has 0 aromatic heterocycles. The molecule has 0 aliphatic carbocycles. The maximum Gasteiger partial charge on any atom is 0.140 e. The van der Waals surface area contributed by atoms with Gasteiger partial charge in [0.1, 0.15) is 5.78 Å². The van der Waals surface area contributed by atoms with Gasteiger partial charge in [0.2, 0.25) is 0 Å². The molecule has 1 heterocycles. The molecule has 0 saturated carbocycles. The van der Waals surface area contributed by atoms with Crippen molar-refractivity contribution in [2.75, 3.05) is 6.61 Å². The van der Waals surface area contributed by atoms with Gasteiger partial charge in [0, 0.05) is 11.8 Å². The summed E-state index contributed by atoms with van der Waals surface area (Å²) in [6, 6.07) is 0. The second-order valence-corrected chi connectivity index (χ2v) is 6.96. The van der Waals surface area contributed by atoms with Gasteiger partial charge in [0.15, 0.2) is 0 Å². The molecule has 1 aliphatic rings. The molecule has 2 nitrogen and oxygen atoms in total. The van der Waals surface area contributed by atoms with Crippen LogP contribution in [0.3, 0.4) is 0 Å². The molecule has 0 unspecified atom stereocenters. The van der Waals surface area contributed by atoms with E-state index < -0.39 is 0 Å². The first-order valence-electron chi connectivity index (χ1n) is 8.08. The van der Waals surface area contributed by atoms with Gasteiger partial charge < -0.3 is 4.74 Å².